The third-order valence-corrected chi connectivity index (χ3v) is 2.09. The number of esters is 1. The Labute approximate surface area is 114 Å². The van der Waals surface area contributed by atoms with Gasteiger partial charge >= 0.3 is 11.9 Å². The van der Waals surface area contributed by atoms with Crippen molar-refractivity contribution >= 4 is 23.7 Å². The maximum atomic E-state index is 11.3. The quantitative estimate of drug-likeness (QED) is 0.577. The zero-order valence-corrected chi connectivity index (χ0v) is 11.0. The van der Waals surface area contributed by atoms with E-state index in [0.29, 0.717) is 5.69 Å². The monoisotopic (exact) mass is 282 g/mol. The lowest BCUT2D eigenvalue weighted by Crippen LogP contribution is -2.34. The molecular weight excluding hydrogens is 268 g/mol. The molecule has 1 rings (SSSR count). The summed E-state index contributed by atoms with van der Waals surface area (Å²) in [4.78, 5) is 40.7. The Bertz CT molecular complexity index is 532. The van der Waals surface area contributed by atoms with Crippen LogP contribution in [0.5, 0.6) is 0 Å². The molecule has 0 spiro atoms. The molecule has 0 unspecified atom stereocenters. The molecule has 3 N–H and O–H groups in total. The zero-order valence-electron chi connectivity index (χ0n) is 11.0. The van der Waals surface area contributed by atoms with E-state index in [2.05, 4.69) is 25.3 Å². The second-order valence-electron chi connectivity index (χ2n) is 3.73. The predicted molar refractivity (Wildman–Crippen MR) is 67.2 cm³/mol. The highest BCUT2D eigenvalue weighted by molar-refractivity contribution is 5.86. The Morgan fingerprint density at radius 1 is 1.30 bits per heavy atom. The third kappa shape index (κ3) is 4.88. The van der Waals surface area contributed by atoms with Crippen molar-refractivity contribution in [2.45, 2.75) is 6.92 Å². The molecule has 1 heterocycles. The number of hydrogen-bond donors (Lipinski definition) is 3. The molecule has 9 heteroatoms. The molecule has 0 saturated carbocycles. The highest BCUT2D eigenvalue weighted by Gasteiger charge is 2.12. The van der Waals surface area contributed by atoms with Crippen LogP contribution < -0.4 is 10.6 Å². The second-order valence-corrected chi connectivity index (χ2v) is 3.73. The van der Waals surface area contributed by atoms with Crippen LogP contribution in [0.25, 0.3) is 0 Å². The maximum absolute atomic E-state index is 11.3. The molecule has 1 aromatic rings. The second kappa shape index (κ2) is 7.02. The smallest absolute Gasteiger partial charge is 0.376 e. The summed E-state index contributed by atoms with van der Waals surface area (Å²) in [5.74, 6) is -2.19. The summed E-state index contributed by atoms with van der Waals surface area (Å²) in [5, 5.41) is 13.2. The van der Waals surface area contributed by atoms with E-state index in [-0.39, 0.29) is 18.2 Å². The molecule has 0 fully saturated rings. The maximum Gasteiger partial charge on any atom is 0.376 e. The number of aryl methyl sites for hydroxylation is 1. The fourth-order valence-electron chi connectivity index (χ4n) is 1.25. The molecule has 20 heavy (non-hydrogen) atoms. The average Bonchev–Trinajstić information content (AvgIpc) is 2.41. The summed E-state index contributed by atoms with van der Waals surface area (Å²) in [6, 6.07) is 1.54. The number of carboxylic acids is 1. The van der Waals surface area contributed by atoms with E-state index >= 15 is 0 Å². The van der Waals surface area contributed by atoms with E-state index in [4.69, 9.17) is 5.11 Å². The van der Waals surface area contributed by atoms with Gasteiger partial charge in [-0.25, -0.2) is 14.8 Å². The van der Waals surface area contributed by atoms with Crippen molar-refractivity contribution in [2.24, 2.45) is 0 Å². The van der Waals surface area contributed by atoms with Crippen molar-refractivity contribution in [3.05, 3.63) is 17.6 Å². The van der Waals surface area contributed by atoms with Crippen LogP contribution in [0.1, 0.15) is 16.3 Å². The van der Waals surface area contributed by atoms with Gasteiger partial charge in [-0.15, -0.1) is 0 Å². The van der Waals surface area contributed by atoms with Crippen molar-refractivity contribution in [1.29, 1.82) is 0 Å². The van der Waals surface area contributed by atoms with E-state index in [1.807, 2.05) is 0 Å². The number of hydrogen-bond acceptors (Lipinski definition) is 7. The Kier molecular flexibility index (Phi) is 5.39. The van der Waals surface area contributed by atoms with Gasteiger partial charge in [-0.1, -0.05) is 0 Å². The Balaban J connectivity index is 2.64. The van der Waals surface area contributed by atoms with Gasteiger partial charge in [0.05, 0.1) is 13.7 Å². The summed E-state index contributed by atoms with van der Waals surface area (Å²) in [6.45, 7) is 1.02. The first-order chi connectivity index (χ1) is 9.42. The summed E-state index contributed by atoms with van der Waals surface area (Å²) in [7, 11) is 1.21. The lowest BCUT2D eigenvalue weighted by Gasteiger charge is -2.07. The molecule has 0 atom stereocenters. The molecule has 0 aliphatic carbocycles. The van der Waals surface area contributed by atoms with Crippen LogP contribution in [0, 0.1) is 6.92 Å². The average molecular weight is 282 g/mol. The third-order valence-electron chi connectivity index (χ3n) is 2.09. The lowest BCUT2D eigenvalue weighted by atomic mass is 10.4. The first-order valence-corrected chi connectivity index (χ1v) is 5.58. The van der Waals surface area contributed by atoms with Gasteiger partial charge in [-0.3, -0.25) is 9.59 Å². The van der Waals surface area contributed by atoms with Gasteiger partial charge in [0.25, 0.3) is 0 Å². The number of aliphatic carboxylic acids is 1. The van der Waals surface area contributed by atoms with Gasteiger partial charge < -0.3 is 20.5 Å². The Morgan fingerprint density at radius 2 is 2.00 bits per heavy atom. The lowest BCUT2D eigenvalue weighted by molar-refractivity contribution is -0.137. The number of aromatic nitrogens is 2. The van der Waals surface area contributed by atoms with Crippen LogP contribution in [0.15, 0.2) is 6.07 Å². The number of nitrogens with zero attached hydrogens (tertiary/aromatic N) is 2. The number of amides is 1. The summed E-state index contributed by atoms with van der Waals surface area (Å²) in [5.41, 5.74) is 0.522. The molecule has 1 aromatic heterocycles. The Morgan fingerprint density at radius 3 is 2.60 bits per heavy atom. The summed E-state index contributed by atoms with van der Waals surface area (Å²) in [6.07, 6.45) is 0. The van der Waals surface area contributed by atoms with Crippen LogP contribution >= 0.6 is 0 Å². The molecule has 0 bridgehead atoms. The first-order valence-electron chi connectivity index (χ1n) is 5.58. The molecule has 1 amide bonds. The van der Waals surface area contributed by atoms with Crippen LogP contribution in [0.2, 0.25) is 0 Å². The normalized spacial score (nSPS) is 9.70. The van der Waals surface area contributed by atoms with Crippen molar-refractivity contribution in [2.75, 3.05) is 25.5 Å². The summed E-state index contributed by atoms with van der Waals surface area (Å²) < 4.78 is 4.50. The van der Waals surface area contributed by atoms with Gasteiger partial charge in [0.15, 0.2) is 0 Å². The van der Waals surface area contributed by atoms with E-state index in [9.17, 15) is 14.4 Å². The number of methoxy groups -OCH3 is 1. The fourth-order valence-corrected chi connectivity index (χ4v) is 1.25. The van der Waals surface area contributed by atoms with Crippen LogP contribution in [0.3, 0.4) is 0 Å². The number of anilines is 1. The first kappa shape index (κ1) is 15.3. The van der Waals surface area contributed by atoms with E-state index in [0.717, 1.165) is 0 Å². The minimum Gasteiger partial charge on any atom is -0.480 e. The molecule has 0 radical (unpaired) electrons. The van der Waals surface area contributed by atoms with Gasteiger partial charge in [-0.05, 0) is 6.92 Å². The molecule has 0 aliphatic rings. The molecule has 0 aromatic carbocycles. The minimum atomic E-state index is -1.13. The van der Waals surface area contributed by atoms with Crippen molar-refractivity contribution < 1.29 is 24.2 Å². The van der Waals surface area contributed by atoms with E-state index in [1.54, 1.807) is 6.92 Å². The van der Waals surface area contributed by atoms with Gasteiger partial charge in [-0.2, -0.15) is 0 Å². The number of carboxylic acid groups (broad SMARTS) is 1. The zero-order chi connectivity index (χ0) is 15.1. The predicted octanol–water partition coefficient (Wildman–Crippen LogP) is -0.816. The number of rotatable bonds is 6. The van der Waals surface area contributed by atoms with Crippen molar-refractivity contribution in [3.63, 3.8) is 0 Å². The highest BCUT2D eigenvalue weighted by atomic mass is 16.5. The van der Waals surface area contributed by atoms with Crippen LogP contribution in [0.4, 0.5) is 5.82 Å². The highest BCUT2D eigenvalue weighted by Crippen LogP contribution is 2.06. The molecule has 9 nitrogen and oxygen atoms in total. The molecule has 0 aliphatic heterocycles. The van der Waals surface area contributed by atoms with Crippen LogP contribution in [-0.2, 0) is 14.3 Å². The van der Waals surface area contributed by atoms with Gasteiger partial charge in [0.1, 0.15) is 12.4 Å². The number of carbonyl (C=O) groups excluding carboxylic acids is 2. The van der Waals surface area contributed by atoms with E-state index < -0.39 is 24.4 Å². The minimum absolute atomic E-state index is 0.124. The molecule has 0 saturated heterocycles. The van der Waals surface area contributed by atoms with Gasteiger partial charge in [0, 0.05) is 11.8 Å². The Hall–Kier alpha value is -2.71. The van der Waals surface area contributed by atoms with E-state index in [1.165, 1.54) is 13.2 Å². The topological polar surface area (TPSA) is 131 Å². The fraction of sp³-hybridized carbons (Fsp3) is 0.364. The summed E-state index contributed by atoms with van der Waals surface area (Å²) >= 11 is 0. The number of nitrogens with one attached hydrogen (secondary N) is 2. The van der Waals surface area contributed by atoms with Crippen LogP contribution in [-0.4, -0.2) is 53.1 Å². The van der Waals surface area contributed by atoms with Gasteiger partial charge in [0.2, 0.25) is 11.7 Å². The SMILES string of the molecule is COC(=O)c1nc(C)cc(NCC(=O)NCC(=O)O)n1. The standard InChI is InChI=1S/C11H14N4O5/c1-6-3-7(15-10(14-6)11(19)20-2)12-4-8(16)13-5-9(17)18/h3H,4-5H2,1-2H3,(H,13,16)(H,17,18)(H,12,14,15). The molecular formula is C11H14N4O5. The van der Waals surface area contributed by atoms with Crippen molar-refractivity contribution in [1.82, 2.24) is 15.3 Å². The van der Waals surface area contributed by atoms with Crippen molar-refractivity contribution in [3.8, 4) is 0 Å². The molecule has 108 valence electrons. The number of ether oxygens (including phenoxy) is 1. The largest absolute Gasteiger partial charge is 0.480 e. The number of carbonyl (C=O) groups is 3.